The first-order valence-electron chi connectivity index (χ1n) is 14.7. The summed E-state index contributed by atoms with van der Waals surface area (Å²) in [6.07, 6.45) is 1.81. The standard InChI is InChI=1S/C35H34FIN2O5S/c1-6-42-28-17-23(16-27(37)32(28)44-19-22-8-14-26(36)15-9-22)18-29-33(40)39-31(25-12-10-24(11-13-25)20(3)4)30(34(41)43-7-2)21(5)38-35(39)45-29/h8-18,20,31H,6-7,19H2,1-5H3. The summed E-state index contributed by atoms with van der Waals surface area (Å²) in [7, 11) is 0. The maximum Gasteiger partial charge on any atom is 0.338 e. The van der Waals surface area contributed by atoms with Crippen molar-refractivity contribution < 1.29 is 23.4 Å². The van der Waals surface area contributed by atoms with E-state index >= 15 is 0 Å². The van der Waals surface area contributed by atoms with Crippen molar-refractivity contribution >= 4 is 46.0 Å². The molecule has 1 aromatic heterocycles. The van der Waals surface area contributed by atoms with Crippen LogP contribution in [0.5, 0.6) is 11.5 Å². The molecule has 4 aromatic rings. The van der Waals surface area contributed by atoms with Gasteiger partial charge in [0.25, 0.3) is 5.56 Å². The van der Waals surface area contributed by atoms with Crippen LogP contribution in [0.4, 0.5) is 4.39 Å². The Morgan fingerprint density at radius 2 is 1.78 bits per heavy atom. The van der Waals surface area contributed by atoms with Gasteiger partial charge in [-0.3, -0.25) is 9.36 Å². The van der Waals surface area contributed by atoms with Gasteiger partial charge >= 0.3 is 5.97 Å². The van der Waals surface area contributed by atoms with Crippen LogP contribution in [0, 0.1) is 9.39 Å². The number of carbonyl (C=O) groups is 1. The second kappa shape index (κ2) is 14.1. The molecule has 1 unspecified atom stereocenters. The van der Waals surface area contributed by atoms with Crippen LogP contribution in [-0.2, 0) is 16.1 Å². The maximum atomic E-state index is 14.1. The zero-order chi connectivity index (χ0) is 32.2. The van der Waals surface area contributed by atoms with Gasteiger partial charge in [-0.1, -0.05) is 61.6 Å². The Morgan fingerprint density at radius 3 is 2.42 bits per heavy atom. The number of hydrogen-bond acceptors (Lipinski definition) is 7. The van der Waals surface area contributed by atoms with Crippen LogP contribution in [-0.4, -0.2) is 23.8 Å². The number of esters is 1. The molecule has 0 amide bonds. The van der Waals surface area contributed by atoms with E-state index in [0.717, 1.165) is 25.8 Å². The minimum Gasteiger partial charge on any atom is -0.490 e. The number of aromatic nitrogens is 1. The maximum absolute atomic E-state index is 14.1. The quantitative estimate of drug-likeness (QED) is 0.135. The zero-order valence-electron chi connectivity index (χ0n) is 25.7. The summed E-state index contributed by atoms with van der Waals surface area (Å²) in [5, 5.41) is 0. The number of allylic oxidation sites excluding steroid dienone is 1. The summed E-state index contributed by atoms with van der Waals surface area (Å²) in [4.78, 5) is 32.5. The van der Waals surface area contributed by atoms with E-state index < -0.39 is 12.0 Å². The van der Waals surface area contributed by atoms with E-state index in [0.29, 0.717) is 44.6 Å². The van der Waals surface area contributed by atoms with Crippen molar-refractivity contribution in [2.75, 3.05) is 13.2 Å². The van der Waals surface area contributed by atoms with E-state index in [1.165, 1.54) is 23.5 Å². The first kappa shape index (κ1) is 32.6. The Morgan fingerprint density at radius 1 is 1.07 bits per heavy atom. The van der Waals surface area contributed by atoms with Crippen LogP contribution in [0.1, 0.15) is 68.8 Å². The van der Waals surface area contributed by atoms with Crippen molar-refractivity contribution in [1.82, 2.24) is 4.57 Å². The molecule has 234 valence electrons. The lowest BCUT2D eigenvalue weighted by Crippen LogP contribution is -2.39. The molecule has 1 aliphatic rings. The van der Waals surface area contributed by atoms with Gasteiger partial charge in [-0.2, -0.15) is 0 Å². The summed E-state index contributed by atoms with van der Waals surface area (Å²) in [6.45, 7) is 10.5. The molecule has 1 aliphatic heterocycles. The molecule has 5 rings (SSSR count). The molecule has 1 atom stereocenters. The molecule has 3 aromatic carbocycles. The third-order valence-electron chi connectivity index (χ3n) is 7.36. The largest absolute Gasteiger partial charge is 0.490 e. The van der Waals surface area contributed by atoms with Gasteiger partial charge in [0, 0.05) is 0 Å². The SMILES string of the molecule is CCOC(=O)C1=C(C)N=c2sc(=Cc3cc(I)c(OCc4ccc(F)cc4)c(OCC)c3)c(=O)n2C1c1ccc(C(C)C)cc1. The molecule has 7 nitrogen and oxygen atoms in total. The number of thiazole rings is 1. The molecule has 45 heavy (non-hydrogen) atoms. The summed E-state index contributed by atoms with van der Waals surface area (Å²) in [6, 6.07) is 17.2. The lowest BCUT2D eigenvalue weighted by molar-refractivity contribution is -0.139. The lowest BCUT2D eigenvalue weighted by Gasteiger charge is -2.25. The van der Waals surface area contributed by atoms with Crippen molar-refractivity contribution in [1.29, 1.82) is 0 Å². The van der Waals surface area contributed by atoms with Crippen LogP contribution >= 0.6 is 33.9 Å². The van der Waals surface area contributed by atoms with E-state index in [4.69, 9.17) is 14.2 Å². The van der Waals surface area contributed by atoms with Gasteiger partial charge in [-0.15, -0.1) is 0 Å². The van der Waals surface area contributed by atoms with Crippen LogP contribution in [0.15, 0.2) is 81.7 Å². The van der Waals surface area contributed by atoms with Crippen molar-refractivity contribution in [3.63, 3.8) is 0 Å². The van der Waals surface area contributed by atoms with E-state index in [-0.39, 0.29) is 24.6 Å². The van der Waals surface area contributed by atoms with E-state index in [1.807, 2.05) is 43.3 Å². The third-order valence-corrected chi connectivity index (χ3v) is 9.15. The summed E-state index contributed by atoms with van der Waals surface area (Å²) in [5.74, 6) is 0.652. The van der Waals surface area contributed by atoms with Crippen molar-refractivity contribution in [2.45, 2.75) is 53.2 Å². The highest BCUT2D eigenvalue weighted by Crippen LogP contribution is 2.35. The fourth-order valence-electron chi connectivity index (χ4n) is 5.13. The van der Waals surface area contributed by atoms with E-state index in [9.17, 15) is 14.0 Å². The second-order valence-electron chi connectivity index (χ2n) is 10.8. The van der Waals surface area contributed by atoms with Crippen molar-refractivity contribution in [3.05, 3.63) is 123 Å². The van der Waals surface area contributed by atoms with Gasteiger partial charge in [-0.25, -0.2) is 14.2 Å². The summed E-state index contributed by atoms with van der Waals surface area (Å²) < 4.78 is 33.6. The number of ether oxygens (including phenoxy) is 3. The van der Waals surface area contributed by atoms with Crippen LogP contribution in [0.2, 0.25) is 0 Å². The fourth-order valence-corrected chi connectivity index (χ4v) is 6.96. The zero-order valence-corrected chi connectivity index (χ0v) is 28.7. The minimum absolute atomic E-state index is 0.212. The molecule has 0 bridgehead atoms. The number of halogens is 2. The Kier molecular flexibility index (Phi) is 10.2. The highest BCUT2D eigenvalue weighted by molar-refractivity contribution is 14.1. The molecular weight excluding hydrogens is 706 g/mol. The monoisotopic (exact) mass is 740 g/mol. The smallest absolute Gasteiger partial charge is 0.338 e. The average Bonchev–Trinajstić information content (AvgIpc) is 3.30. The number of fused-ring (bicyclic) bond motifs is 1. The lowest BCUT2D eigenvalue weighted by atomic mass is 9.93. The fraction of sp³-hybridized carbons (Fsp3) is 0.286. The number of hydrogen-bond donors (Lipinski definition) is 0. The first-order chi connectivity index (χ1) is 21.6. The van der Waals surface area contributed by atoms with Crippen LogP contribution < -0.4 is 24.4 Å². The predicted molar refractivity (Wildman–Crippen MR) is 182 cm³/mol. The average molecular weight is 741 g/mol. The molecule has 0 saturated carbocycles. The Balaban J connectivity index is 1.58. The number of benzene rings is 3. The predicted octanol–water partition coefficient (Wildman–Crippen LogP) is 6.64. The Bertz CT molecular complexity index is 1930. The summed E-state index contributed by atoms with van der Waals surface area (Å²) in [5.41, 5.74) is 4.16. The highest BCUT2D eigenvalue weighted by Gasteiger charge is 2.33. The van der Waals surface area contributed by atoms with Gasteiger partial charge in [-0.05, 0) is 102 Å². The molecule has 0 saturated heterocycles. The van der Waals surface area contributed by atoms with Crippen LogP contribution in [0.25, 0.3) is 6.08 Å². The third kappa shape index (κ3) is 7.06. The minimum atomic E-state index is -0.676. The molecule has 2 heterocycles. The number of nitrogens with zero attached hydrogens (tertiary/aromatic N) is 2. The molecule has 0 spiro atoms. The van der Waals surface area contributed by atoms with Gasteiger partial charge in [0.05, 0.1) is 38.6 Å². The van der Waals surface area contributed by atoms with E-state index in [1.54, 1.807) is 36.6 Å². The highest BCUT2D eigenvalue weighted by atomic mass is 127. The molecular formula is C35H34FIN2O5S. The molecule has 0 N–H and O–H groups in total. The Labute approximate surface area is 278 Å². The molecule has 10 heteroatoms. The Hall–Kier alpha value is -3.77. The molecule has 0 aliphatic carbocycles. The van der Waals surface area contributed by atoms with Gasteiger partial charge in [0.2, 0.25) is 0 Å². The second-order valence-corrected chi connectivity index (χ2v) is 13.0. The van der Waals surface area contributed by atoms with Gasteiger partial charge in [0.15, 0.2) is 16.3 Å². The van der Waals surface area contributed by atoms with E-state index in [2.05, 4.69) is 41.4 Å². The van der Waals surface area contributed by atoms with Crippen LogP contribution in [0.3, 0.4) is 0 Å². The number of carbonyl (C=O) groups excluding carboxylic acids is 1. The van der Waals surface area contributed by atoms with Gasteiger partial charge in [0.1, 0.15) is 12.4 Å². The van der Waals surface area contributed by atoms with Crippen molar-refractivity contribution in [3.8, 4) is 11.5 Å². The molecule has 0 radical (unpaired) electrons. The first-order valence-corrected chi connectivity index (χ1v) is 16.6. The number of rotatable bonds is 10. The normalized spacial score (nSPS) is 14.8. The topological polar surface area (TPSA) is 79.1 Å². The molecule has 0 fully saturated rings. The van der Waals surface area contributed by atoms with Crippen molar-refractivity contribution in [2.24, 2.45) is 4.99 Å². The van der Waals surface area contributed by atoms with Gasteiger partial charge < -0.3 is 14.2 Å². The summed E-state index contributed by atoms with van der Waals surface area (Å²) >= 11 is 3.45.